The molecule has 76 valence electrons. The van der Waals surface area contributed by atoms with Gasteiger partial charge in [-0.25, -0.2) is 4.79 Å². The van der Waals surface area contributed by atoms with Crippen LogP contribution < -0.4 is 16.0 Å². The van der Waals surface area contributed by atoms with Crippen LogP contribution in [0.25, 0.3) is 0 Å². The van der Waals surface area contributed by atoms with Crippen LogP contribution >= 0.6 is 0 Å². The fraction of sp³-hybridized carbons (Fsp3) is 0.750. The lowest BCUT2D eigenvalue weighted by atomic mass is 10.3. The predicted molar refractivity (Wildman–Crippen MR) is 50.4 cm³/mol. The summed E-state index contributed by atoms with van der Waals surface area (Å²) in [5, 5.41) is 7.53. The van der Waals surface area contributed by atoms with Gasteiger partial charge in [-0.3, -0.25) is 4.79 Å². The number of rotatable bonds is 4. The van der Waals surface area contributed by atoms with Gasteiger partial charge in [-0.1, -0.05) is 6.92 Å². The zero-order valence-corrected chi connectivity index (χ0v) is 8.31. The second-order valence-corrected chi connectivity index (χ2v) is 2.74. The summed E-state index contributed by atoms with van der Waals surface area (Å²) in [6, 6.07) is -0.842. The van der Waals surface area contributed by atoms with Gasteiger partial charge in [0.25, 0.3) is 0 Å². The Labute approximate surface area is 78.3 Å². The highest BCUT2D eigenvalue weighted by atomic mass is 16.2. The first-order valence-electron chi connectivity index (χ1n) is 4.37. The summed E-state index contributed by atoms with van der Waals surface area (Å²) < 4.78 is 0. The van der Waals surface area contributed by atoms with E-state index in [1.165, 1.54) is 7.05 Å². The molecule has 0 rings (SSSR count). The fourth-order valence-electron chi connectivity index (χ4n) is 0.736. The maximum absolute atomic E-state index is 11.2. The van der Waals surface area contributed by atoms with Crippen molar-refractivity contribution in [1.29, 1.82) is 0 Å². The Balaban J connectivity index is 3.75. The number of carbonyl (C=O) groups excluding carboxylic acids is 2. The SMILES string of the molecule is CCCNC(=O)C(C)NC(=O)NC. The Kier molecular flexibility index (Phi) is 5.67. The molecule has 1 atom stereocenters. The molecule has 0 aliphatic carbocycles. The first-order valence-corrected chi connectivity index (χ1v) is 4.37. The van der Waals surface area contributed by atoms with E-state index in [2.05, 4.69) is 16.0 Å². The van der Waals surface area contributed by atoms with E-state index in [-0.39, 0.29) is 11.9 Å². The van der Waals surface area contributed by atoms with E-state index < -0.39 is 6.04 Å². The monoisotopic (exact) mass is 187 g/mol. The molecular formula is C8H17N3O2. The van der Waals surface area contributed by atoms with E-state index in [4.69, 9.17) is 0 Å². The molecule has 0 spiro atoms. The normalized spacial score (nSPS) is 11.6. The van der Waals surface area contributed by atoms with Crippen molar-refractivity contribution in [2.24, 2.45) is 0 Å². The Morgan fingerprint density at radius 1 is 1.38 bits per heavy atom. The van der Waals surface area contributed by atoms with E-state index in [1.54, 1.807) is 6.92 Å². The Bertz CT molecular complexity index is 182. The van der Waals surface area contributed by atoms with Crippen molar-refractivity contribution in [1.82, 2.24) is 16.0 Å². The lowest BCUT2D eigenvalue weighted by Gasteiger charge is -2.12. The van der Waals surface area contributed by atoms with Crippen molar-refractivity contribution in [2.75, 3.05) is 13.6 Å². The number of hydrogen-bond donors (Lipinski definition) is 3. The summed E-state index contributed by atoms with van der Waals surface area (Å²) in [6.07, 6.45) is 0.887. The van der Waals surface area contributed by atoms with Gasteiger partial charge >= 0.3 is 6.03 Å². The molecule has 0 saturated heterocycles. The molecule has 0 saturated carbocycles. The van der Waals surface area contributed by atoms with Crippen LogP contribution in [0.5, 0.6) is 0 Å². The van der Waals surface area contributed by atoms with Crippen molar-refractivity contribution in [2.45, 2.75) is 26.3 Å². The number of nitrogens with one attached hydrogen (secondary N) is 3. The van der Waals surface area contributed by atoms with Crippen molar-refractivity contribution in [3.05, 3.63) is 0 Å². The van der Waals surface area contributed by atoms with Gasteiger partial charge in [-0.2, -0.15) is 0 Å². The topological polar surface area (TPSA) is 70.2 Å². The van der Waals surface area contributed by atoms with Crippen LogP contribution in [-0.2, 0) is 4.79 Å². The highest BCUT2D eigenvalue weighted by Gasteiger charge is 2.13. The van der Waals surface area contributed by atoms with Gasteiger partial charge in [0.05, 0.1) is 0 Å². The van der Waals surface area contributed by atoms with Crippen molar-refractivity contribution < 1.29 is 9.59 Å². The third kappa shape index (κ3) is 5.05. The van der Waals surface area contributed by atoms with Crippen LogP contribution in [-0.4, -0.2) is 31.6 Å². The van der Waals surface area contributed by atoms with Crippen molar-refractivity contribution >= 4 is 11.9 Å². The number of amides is 3. The molecule has 0 aliphatic heterocycles. The lowest BCUT2D eigenvalue weighted by Crippen LogP contribution is -2.47. The van der Waals surface area contributed by atoms with Crippen LogP contribution in [0.2, 0.25) is 0 Å². The van der Waals surface area contributed by atoms with Gasteiger partial charge in [-0.05, 0) is 13.3 Å². The minimum absolute atomic E-state index is 0.162. The molecule has 3 amide bonds. The molecule has 0 heterocycles. The van der Waals surface area contributed by atoms with Gasteiger partial charge in [-0.15, -0.1) is 0 Å². The zero-order chi connectivity index (χ0) is 10.3. The van der Waals surface area contributed by atoms with Crippen molar-refractivity contribution in [3.63, 3.8) is 0 Å². The maximum Gasteiger partial charge on any atom is 0.315 e. The molecule has 0 aromatic rings. The third-order valence-corrected chi connectivity index (χ3v) is 1.52. The number of urea groups is 1. The molecule has 0 aromatic heterocycles. The van der Waals surface area contributed by atoms with Gasteiger partial charge in [0.15, 0.2) is 0 Å². The summed E-state index contributed by atoms with van der Waals surface area (Å²) >= 11 is 0. The van der Waals surface area contributed by atoms with E-state index in [9.17, 15) is 9.59 Å². The van der Waals surface area contributed by atoms with E-state index in [0.29, 0.717) is 6.54 Å². The smallest absolute Gasteiger partial charge is 0.315 e. The Morgan fingerprint density at radius 2 is 2.00 bits per heavy atom. The molecule has 0 bridgehead atoms. The molecule has 0 aliphatic rings. The second-order valence-electron chi connectivity index (χ2n) is 2.74. The van der Waals surface area contributed by atoms with Crippen LogP contribution in [0.4, 0.5) is 4.79 Å². The van der Waals surface area contributed by atoms with Gasteiger partial charge in [0.2, 0.25) is 5.91 Å². The molecule has 0 radical (unpaired) electrons. The van der Waals surface area contributed by atoms with Gasteiger partial charge in [0.1, 0.15) is 6.04 Å². The summed E-state index contributed by atoms with van der Waals surface area (Å²) in [4.78, 5) is 22.0. The summed E-state index contributed by atoms with van der Waals surface area (Å²) in [7, 11) is 1.51. The average Bonchev–Trinajstić information content (AvgIpc) is 2.13. The predicted octanol–water partition coefficient (Wildman–Crippen LogP) is -0.170. The number of carbonyl (C=O) groups is 2. The number of hydrogen-bond acceptors (Lipinski definition) is 2. The highest BCUT2D eigenvalue weighted by molar-refractivity contribution is 5.86. The minimum atomic E-state index is -0.494. The maximum atomic E-state index is 11.2. The first-order chi connectivity index (χ1) is 6.11. The summed E-state index contributed by atoms with van der Waals surface area (Å²) in [5.74, 6) is -0.162. The van der Waals surface area contributed by atoms with Gasteiger partial charge < -0.3 is 16.0 Å². The molecule has 1 unspecified atom stereocenters. The van der Waals surface area contributed by atoms with Crippen LogP contribution in [0.1, 0.15) is 20.3 Å². The lowest BCUT2D eigenvalue weighted by molar-refractivity contribution is -0.122. The van der Waals surface area contributed by atoms with Crippen LogP contribution in [0.3, 0.4) is 0 Å². The highest BCUT2D eigenvalue weighted by Crippen LogP contribution is 1.82. The van der Waals surface area contributed by atoms with E-state index in [0.717, 1.165) is 6.42 Å². The van der Waals surface area contributed by atoms with E-state index >= 15 is 0 Å². The molecule has 3 N–H and O–H groups in total. The van der Waals surface area contributed by atoms with Crippen LogP contribution in [0.15, 0.2) is 0 Å². The Hall–Kier alpha value is -1.26. The van der Waals surface area contributed by atoms with Gasteiger partial charge in [0, 0.05) is 13.6 Å². The van der Waals surface area contributed by atoms with E-state index in [1.807, 2.05) is 6.92 Å². The molecule has 0 aromatic carbocycles. The average molecular weight is 187 g/mol. The van der Waals surface area contributed by atoms with Crippen molar-refractivity contribution in [3.8, 4) is 0 Å². The summed E-state index contributed by atoms with van der Waals surface area (Å²) in [5.41, 5.74) is 0. The quantitative estimate of drug-likeness (QED) is 0.572. The molecule has 13 heavy (non-hydrogen) atoms. The standard InChI is InChI=1S/C8H17N3O2/c1-4-5-10-7(12)6(2)11-8(13)9-3/h6H,4-5H2,1-3H3,(H,10,12)(H2,9,11,13). The molecule has 5 heteroatoms. The minimum Gasteiger partial charge on any atom is -0.354 e. The van der Waals surface area contributed by atoms with Crippen LogP contribution in [0, 0.1) is 0 Å². The molecular weight excluding hydrogens is 170 g/mol. The summed E-state index contributed by atoms with van der Waals surface area (Å²) in [6.45, 7) is 4.25. The zero-order valence-electron chi connectivity index (χ0n) is 8.31. The third-order valence-electron chi connectivity index (χ3n) is 1.52. The largest absolute Gasteiger partial charge is 0.354 e. The fourth-order valence-corrected chi connectivity index (χ4v) is 0.736. The molecule has 0 fully saturated rings. The first kappa shape index (κ1) is 11.7. The molecule has 5 nitrogen and oxygen atoms in total. The Morgan fingerprint density at radius 3 is 2.46 bits per heavy atom. The second kappa shape index (κ2) is 6.28.